The van der Waals surface area contributed by atoms with Gasteiger partial charge in [0.25, 0.3) is 0 Å². The van der Waals surface area contributed by atoms with E-state index in [2.05, 4.69) is 10.6 Å². The van der Waals surface area contributed by atoms with Crippen LogP contribution in [0.3, 0.4) is 0 Å². The molecule has 3 N–H and O–H groups in total. The van der Waals surface area contributed by atoms with Crippen molar-refractivity contribution in [3.63, 3.8) is 0 Å². The van der Waals surface area contributed by atoms with Crippen molar-refractivity contribution in [2.45, 2.75) is 45.3 Å². The summed E-state index contributed by atoms with van der Waals surface area (Å²) in [6.45, 7) is 7.24. The number of rotatable bonds is 9. The van der Waals surface area contributed by atoms with Crippen LogP contribution in [-0.2, 0) is 9.53 Å². The molecule has 17 heavy (non-hydrogen) atoms. The topological polar surface area (TPSA) is 70.6 Å². The number of ether oxygens (including phenoxy) is 1. The predicted octanol–water partition coefficient (Wildman–Crippen LogP) is 0.278. The van der Waals surface area contributed by atoms with E-state index in [0.717, 1.165) is 6.42 Å². The van der Waals surface area contributed by atoms with Crippen molar-refractivity contribution in [3.05, 3.63) is 0 Å². The Morgan fingerprint density at radius 1 is 1.47 bits per heavy atom. The molecule has 0 aromatic carbocycles. The Hall–Kier alpha value is -0.650. The Kier molecular flexibility index (Phi) is 8.12. The van der Waals surface area contributed by atoms with Crippen molar-refractivity contribution >= 4 is 5.91 Å². The number of hydrogen-bond donors (Lipinski definition) is 3. The third-order valence-corrected chi connectivity index (χ3v) is 2.66. The van der Waals surface area contributed by atoms with Crippen molar-refractivity contribution in [1.29, 1.82) is 0 Å². The maximum atomic E-state index is 11.5. The molecule has 0 spiro atoms. The first-order valence-corrected chi connectivity index (χ1v) is 6.10. The van der Waals surface area contributed by atoms with E-state index in [-0.39, 0.29) is 18.0 Å². The molecule has 0 aliphatic heterocycles. The van der Waals surface area contributed by atoms with E-state index in [4.69, 9.17) is 4.74 Å². The van der Waals surface area contributed by atoms with Gasteiger partial charge in [0.2, 0.25) is 5.91 Å². The fraction of sp³-hybridized carbons (Fsp3) is 0.917. The van der Waals surface area contributed by atoms with Gasteiger partial charge in [0.05, 0.1) is 19.3 Å². The number of nitrogens with one attached hydrogen (secondary N) is 2. The molecule has 1 amide bonds. The number of carbonyl (C=O) groups excluding carboxylic acids is 1. The first-order valence-electron chi connectivity index (χ1n) is 6.10. The van der Waals surface area contributed by atoms with Crippen molar-refractivity contribution in [1.82, 2.24) is 10.6 Å². The first kappa shape index (κ1) is 16.4. The smallest absolute Gasteiger partial charge is 0.234 e. The van der Waals surface area contributed by atoms with Gasteiger partial charge in [0, 0.05) is 12.6 Å². The van der Waals surface area contributed by atoms with Crippen LogP contribution in [0.1, 0.15) is 33.6 Å². The zero-order valence-electron chi connectivity index (χ0n) is 11.4. The molecule has 0 radical (unpaired) electrons. The zero-order chi connectivity index (χ0) is 13.3. The minimum Gasteiger partial charge on any atom is -0.391 e. The molecule has 0 aliphatic carbocycles. The quantitative estimate of drug-likeness (QED) is 0.511. The summed E-state index contributed by atoms with van der Waals surface area (Å²) in [4.78, 5) is 11.5. The van der Waals surface area contributed by atoms with Gasteiger partial charge in [-0.05, 0) is 33.2 Å². The van der Waals surface area contributed by atoms with Crippen LogP contribution in [0, 0.1) is 0 Å². The van der Waals surface area contributed by atoms with Crippen LogP contribution < -0.4 is 10.6 Å². The number of hydrogen-bond acceptors (Lipinski definition) is 4. The molecule has 1 unspecified atom stereocenters. The van der Waals surface area contributed by atoms with Gasteiger partial charge < -0.3 is 20.5 Å². The number of carbonyl (C=O) groups is 1. The van der Waals surface area contributed by atoms with Crippen LogP contribution in [0.4, 0.5) is 0 Å². The van der Waals surface area contributed by atoms with Crippen LogP contribution >= 0.6 is 0 Å². The highest BCUT2D eigenvalue weighted by Crippen LogP contribution is 2.05. The standard InChI is InChI=1S/C12H26N2O3/c1-5-12(2,3)14-11(16)8-13-7-6-10(15)9-17-4/h10,13,15H,5-9H2,1-4H3,(H,14,16). The molecule has 0 aromatic rings. The number of aliphatic hydroxyl groups excluding tert-OH is 1. The normalized spacial score (nSPS) is 13.5. The molecule has 1 atom stereocenters. The van der Waals surface area contributed by atoms with Crippen LogP contribution in [0.25, 0.3) is 0 Å². The summed E-state index contributed by atoms with van der Waals surface area (Å²) in [5, 5.41) is 15.3. The molecule has 0 fully saturated rings. The highest BCUT2D eigenvalue weighted by molar-refractivity contribution is 5.78. The summed E-state index contributed by atoms with van der Waals surface area (Å²) >= 11 is 0. The van der Waals surface area contributed by atoms with Gasteiger partial charge in [-0.25, -0.2) is 0 Å². The molecule has 102 valence electrons. The average molecular weight is 246 g/mol. The Morgan fingerprint density at radius 2 is 2.12 bits per heavy atom. The van der Waals surface area contributed by atoms with E-state index in [1.165, 1.54) is 0 Å². The summed E-state index contributed by atoms with van der Waals surface area (Å²) in [5.74, 6) is -0.0157. The monoisotopic (exact) mass is 246 g/mol. The summed E-state index contributed by atoms with van der Waals surface area (Å²) < 4.78 is 4.81. The van der Waals surface area contributed by atoms with E-state index in [1.807, 2.05) is 20.8 Å². The fourth-order valence-corrected chi connectivity index (χ4v) is 1.26. The Balaban J connectivity index is 3.58. The van der Waals surface area contributed by atoms with E-state index in [0.29, 0.717) is 19.6 Å². The van der Waals surface area contributed by atoms with Gasteiger partial charge in [0.15, 0.2) is 0 Å². The van der Waals surface area contributed by atoms with Gasteiger partial charge in [-0.2, -0.15) is 0 Å². The number of amides is 1. The first-order chi connectivity index (χ1) is 7.91. The largest absolute Gasteiger partial charge is 0.391 e. The minimum absolute atomic E-state index is 0.0157. The van der Waals surface area contributed by atoms with Crippen molar-refractivity contribution in [3.8, 4) is 0 Å². The molecule has 0 rings (SSSR count). The molecule has 0 aromatic heterocycles. The van der Waals surface area contributed by atoms with E-state index in [1.54, 1.807) is 7.11 Å². The van der Waals surface area contributed by atoms with E-state index in [9.17, 15) is 9.90 Å². The molecular weight excluding hydrogens is 220 g/mol. The second kappa shape index (κ2) is 8.44. The molecule has 0 bridgehead atoms. The zero-order valence-corrected chi connectivity index (χ0v) is 11.4. The summed E-state index contributed by atoms with van der Waals surface area (Å²) in [6, 6.07) is 0. The molecule has 5 nitrogen and oxygen atoms in total. The van der Waals surface area contributed by atoms with Gasteiger partial charge >= 0.3 is 0 Å². The van der Waals surface area contributed by atoms with Gasteiger partial charge in [-0.15, -0.1) is 0 Å². The lowest BCUT2D eigenvalue weighted by Gasteiger charge is -2.24. The average Bonchev–Trinajstić information content (AvgIpc) is 2.24. The van der Waals surface area contributed by atoms with Crippen molar-refractivity contribution < 1.29 is 14.6 Å². The van der Waals surface area contributed by atoms with Crippen LogP contribution in [0.5, 0.6) is 0 Å². The number of methoxy groups -OCH3 is 1. The van der Waals surface area contributed by atoms with Crippen LogP contribution in [-0.4, -0.2) is 49.5 Å². The summed E-state index contributed by atoms with van der Waals surface area (Å²) in [5.41, 5.74) is -0.158. The Morgan fingerprint density at radius 3 is 2.65 bits per heavy atom. The third-order valence-electron chi connectivity index (χ3n) is 2.66. The molecule has 0 saturated carbocycles. The van der Waals surface area contributed by atoms with Crippen LogP contribution in [0.15, 0.2) is 0 Å². The molecule has 0 heterocycles. The highest BCUT2D eigenvalue weighted by atomic mass is 16.5. The second-order valence-electron chi connectivity index (χ2n) is 4.86. The minimum atomic E-state index is -0.470. The molecule has 5 heteroatoms. The summed E-state index contributed by atoms with van der Waals surface area (Å²) in [7, 11) is 1.55. The third kappa shape index (κ3) is 9.09. The summed E-state index contributed by atoms with van der Waals surface area (Å²) in [6.07, 6.45) is 1.01. The predicted molar refractivity (Wildman–Crippen MR) is 67.9 cm³/mol. The van der Waals surface area contributed by atoms with Crippen molar-refractivity contribution in [2.24, 2.45) is 0 Å². The van der Waals surface area contributed by atoms with Gasteiger partial charge in [-0.1, -0.05) is 6.92 Å². The second-order valence-corrected chi connectivity index (χ2v) is 4.86. The van der Waals surface area contributed by atoms with Gasteiger partial charge in [-0.3, -0.25) is 4.79 Å². The molecular formula is C12H26N2O3. The van der Waals surface area contributed by atoms with E-state index >= 15 is 0 Å². The Bertz CT molecular complexity index is 220. The fourth-order valence-electron chi connectivity index (χ4n) is 1.26. The SMILES string of the molecule is CCC(C)(C)NC(=O)CNCCC(O)COC. The van der Waals surface area contributed by atoms with Gasteiger partial charge in [0.1, 0.15) is 0 Å². The lowest BCUT2D eigenvalue weighted by molar-refractivity contribution is -0.121. The molecule has 0 aliphatic rings. The molecule has 0 saturated heterocycles. The van der Waals surface area contributed by atoms with E-state index < -0.39 is 6.10 Å². The van der Waals surface area contributed by atoms with Crippen molar-refractivity contribution in [2.75, 3.05) is 26.8 Å². The van der Waals surface area contributed by atoms with Crippen LogP contribution in [0.2, 0.25) is 0 Å². The lowest BCUT2D eigenvalue weighted by atomic mass is 10.0. The highest BCUT2D eigenvalue weighted by Gasteiger charge is 2.17. The Labute approximate surface area is 104 Å². The maximum Gasteiger partial charge on any atom is 0.234 e. The number of aliphatic hydroxyl groups is 1. The lowest BCUT2D eigenvalue weighted by Crippen LogP contribution is -2.46. The maximum absolute atomic E-state index is 11.5.